The lowest BCUT2D eigenvalue weighted by atomic mass is 10.2. The molecule has 1 saturated heterocycles. The second kappa shape index (κ2) is 7.99. The maximum absolute atomic E-state index is 12.7. The number of hydrogen-bond donors (Lipinski definition) is 0. The summed E-state index contributed by atoms with van der Waals surface area (Å²) in [6.45, 7) is 4.09. The summed E-state index contributed by atoms with van der Waals surface area (Å²) in [5.41, 5.74) is 1.47. The highest BCUT2D eigenvalue weighted by Gasteiger charge is 2.32. The normalized spacial score (nSPS) is 17.5. The molecule has 1 fully saturated rings. The summed E-state index contributed by atoms with van der Waals surface area (Å²) in [6, 6.07) is 11.3. The van der Waals surface area contributed by atoms with Gasteiger partial charge in [0.15, 0.2) is 10.3 Å². The number of carbonyl (C=O) groups is 1. The first-order chi connectivity index (χ1) is 12.1. The average Bonchev–Trinajstić information content (AvgIpc) is 2.88. The van der Waals surface area contributed by atoms with E-state index in [2.05, 4.69) is 32.5 Å². The lowest BCUT2D eigenvalue weighted by Crippen LogP contribution is -2.29. The van der Waals surface area contributed by atoms with Gasteiger partial charge in [-0.3, -0.25) is 9.69 Å². The van der Waals surface area contributed by atoms with E-state index in [0.717, 1.165) is 10.0 Å². The van der Waals surface area contributed by atoms with Crippen LogP contribution in [0.1, 0.15) is 5.56 Å². The molecule has 0 unspecified atom stereocenters. The van der Waals surface area contributed by atoms with Crippen LogP contribution in [0.15, 0.2) is 69.6 Å². The Hall–Kier alpha value is -1.89. The SMILES string of the molecule is C=CCN1C(=O)/C(=C/c2ccc(Br)cc2)SC1=Nc1cccnc1Cl. The van der Waals surface area contributed by atoms with Crippen molar-refractivity contribution in [3.63, 3.8) is 0 Å². The number of amidine groups is 1. The van der Waals surface area contributed by atoms with Gasteiger partial charge in [0.1, 0.15) is 5.69 Å². The highest BCUT2D eigenvalue weighted by atomic mass is 79.9. The van der Waals surface area contributed by atoms with E-state index in [0.29, 0.717) is 27.5 Å². The fourth-order valence-corrected chi connectivity index (χ4v) is 3.58. The molecule has 0 N–H and O–H groups in total. The molecule has 0 saturated carbocycles. The fraction of sp³-hybridized carbons (Fsp3) is 0.0556. The zero-order valence-corrected chi connectivity index (χ0v) is 16.2. The monoisotopic (exact) mass is 433 g/mol. The highest BCUT2D eigenvalue weighted by molar-refractivity contribution is 9.10. The summed E-state index contributed by atoms with van der Waals surface area (Å²) < 4.78 is 0.988. The number of benzene rings is 1. The van der Waals surface area contributed by atoms with Crippen LogP contribution < -0.4 is 0 Å². The summed E-state index contributed by atoms with van der Waals surface area (Å²) in [4.78, 5) is 23.4. The Kier molecular flexibility index (Phi) is 5.73. The van der Waals surface area contributed by atoms with Crippen molar-refractivity contribution in [3.05, 3.63) is 75.3 Å². The van der Waals surface area contributed by atoms with Crippen molar-refractivity contribution >= 4 is 62.1 Å². The molecule has 0 spiro atoms. The molecule has 2 aromatic rings. The molecule has 4 nitrogen and oxygen atoms in total. The number of aliphatic imine (C=N–C) groups is 1. The molecule has 3 rings (SSSR count). The molecule has 0 radical (unpaired) electrons. The van der Waals surface area contributed by atoms with E-state index < -0.39 is 0 Å². The Morgan fingerprint density at radius 2 is 2.08 bits per heavy atom. The van der Waals surface area contributed by atoms with Crippen molar-refractivity contribution in [1.29, 1.82) is 0 Å². The first-order valence-corrected chi connectivity index (χ1v) is 9.34. The fourth-order valence-electron chi connectivity index (χ4n) is 2.16. The van der Waals surface area contributed by atoms with E-state index in [1.165, 1.54) is 11.8 Å². The van der Waals surface area contributed by atoms with Gasteiger partial charge in [-0.1, -0.05) is 45.7 Å². The lowest BCUT2D eigenvalue weighted by molar-refractivity contribution is -0.121. The highest BCUT2D eigenvalue weighted by Crippen LogP contribution is 2.35. The third kappa shape index (κ3) is 4.21. The third-order valence-electron chi connectivity index (χ3n) is 3.32. The predicted molar refractivity (Wildman–Crippen MR) is 108 cm³/mol. The quantitative estimate of drug-likeness (QED) is 0.373. The van der Waals surface area contributed by atoms with Gasteiger partial charge >= 0.3 is 0 Å². The largest absolute Gasteiger partial charge is 0.283 e. The molecule has 0 bridgehead atoms. The maximum Gasteiger partial charge on any atom is 0.267 e. The van der Waals surface area contributed by atoms with E-state index in [4.69, 9.17) is 11.6 Å². The molecule has 1 amide bonds. The van der Waals surface area contributed by atoms with Crippen LogP contribution >= 0.6 is 39.3 Å². The Bertz CT molecular complexity index is 880. The van der Waals surface area contributed by atoms with E-state index in [9.17, 15) is 4.79 Å². The second-order valence-electron chi connectivity index (χ2n) is 5.07. The number of carbonyl (C=O) groups excluding carboxylic acids is 1. The first kappa shape index (κ1) is 17.9. The van der Waals surface area contributed by atoms with Gasteiger partial charge in [-0.2, -0.15) is 0 Å². The van der Waals surface area contributed by atoms with E-state index in [1.54, 1.807) is 29.3 Å². The summed E-state index contributed by atoms with van der Waals surface area (Å²) in [7, 11) is 0. The lowest BCUT2D eigenvalue weighted by Gasteiger charge is -2.12. The molecule has 25 heavy (non-hydrogen) atoms. The van der Waals surface area contributed by atoms with E-state index in [-0.39, 0.29) is 5.91 Å². The molecule has 0 atom stereocenters. The smallest absolute Gasteiger partial charge is 0.267 e. The maximum atomic E-state index is 12.7. The number of amides is 1. The number of nitrogens with zero attached hydrogens (tertiary/aromatic N) is 3. The van der Waals surface area contributed by atoms with Gasteiger partial charge in [0.05, 0.1) is 4.91 Å². The molecule has 2 heterocycles. The van der Waals surface area contributed by atoms with Crippen LogP contribution in [0, 0.1) is 0 Å². The van der Waals surface area contributed by atoms with Crippen molar-refractivity contribution in [2.24, 2.45) is 4.99 Å². The van der Waals surface area contributed by atoms with Crippen molar-refractivity contribution < 1.29 is 4.79 Å². The minimum absolute atomic E-state index is 0.105. The van der Waals surface area contributed by atoms with Crippen LogP contribution in [0.25, 0.3) is 6.08 Å². The van der Waals surface area contributed by atoms with Crippen molar-refractivity contribution in [2.75, 3.05) is 6.54 Å². The summed E-state index contributed by atoms with van der Waals surface area (Å²) >= 11 is 10.8. The molecule has 1 aromatic carbocycles. The number of aromatic nitrogens is 1. The van der Waals surface area contributed by atoms with Crippen LogP contribution in [0.2, 0.25) is 5.15 Å². The first-order valence-electron chi connectivity index (χ1n) is 7.35. The number of rotatable bonds is 4. The summed E-state index contributed by atoms with van der Waals surface area (Å²) in [5, 5.41) is 0.857. The standard InChI is InChI=1S/C18H13BrClN3OS/c1-2-10-23-17(24)15(11-12-5-7-13(19)8-6-12)25-18(23)22-14-4-3-9-21-16(14)20/h2-9,11H,1,10H2/b15-11-,22-18?. The number of pyridine rings is 1. The zero-order valence-electron chi connectivity index (χ0n) is 13.0. The van der Waals surface area contributed by atoms with Gasteiger partial charge in [0.2, 0.25) is 0 Å². The Morgan fingerprint density at radius 3 is 2.76 bits per heavy atom. The van der Waals surface area contributed by atoms with Gasteiger partial charge < -0.3 is 0 Å². The van der Waals surface area contributed by atoms with Crippen molar-refractivity contribution in [3.8, 4) is 0 Å². The van der Waals surface area contributed by atoms with Gasteiger partial charge in [-0.25, -0.2) is 9.98 Å². The molecule has 1 aliphatic heterocycles. The van der Waals surface area contributed by atoms with Gasteiger partial charge in [0, 0.05) is 17.2 Å². The van der Waals surface area contributed by atoms with Crippen LogP contribution in [-0.4, -0.2) is 27.5 Å². The van der Waals surface area contributed by atoms with E-state index in [1.807, 2.05) is 30.3 Å². The Balaban J connectivity index is 1.96. The molecular formula is C18H13BrClN3OS. The van der Waals surface area contributed by atoms with Crippen LogP contribution in [-0.2, 0) is 4.79 Å². The van der Waals surface area contributed by atoms with Crippen molar-refractivity contribution in [1.82, 2.24) is 9.88 Å². The van der Waals surface area contributed by atoms with Crippen LogP contribution in [0.3, 0.4) is 0 Å². The molecule has 7 heteroatoms. The number of hydrogen-bond acceptors (Lipinski definition) is 4. The molecule has 1 aromatic heterocycles. The zero-order chi connectivity index (χ0) is 17.8. The third-order valence-corrected chi connectivity index (χ3v) is 5.15. The van der Waals surface area contributed by atoms with Crippen molar-refractivity contribution in [2.45, 2.75) is 0 Å². The Labute approximate surface area is 163 Å². The topological polar surface area (TPSA) is 45.6 Å². The van der Waals surface area contributed by atoms with Gasteiger partial charge in [-0.15, -0.1) is 6.58 Å². The molecule has 126 valence electrons. The number of halogens is 2. The van der Waals surface area contributed by atoms with E-state index >= 15 is 0 Å². The average molecular weight is 435 g/mol. The number of thioether (sulfide) groups is 1. The van der Waals surface area contributed by atoms with Crippen LogP contribution in [0.5, 0.6) is 0 Å². The Morgan fingerprint density at radius 1 is 1.32 bits per heavy atom. The summed E-state index contributed by atoms with van der Waals surface area (Å²) in [5.74, 6) is -0.105. The molecular weight excluding hydrogens is 422 g/mol. The van der Waals surface area contributed by atoms with Gasteiger partial charge in [0.25, 0.3) is 5.91 Å². The van der Waals surface area contributed by atoms with Crippen LogP contribution in [0.4, 0.5) is 5.69 Å². The minimum Gasteiger partial charge on any atom is -0.283 e. The molecule has 1 aliphatic rings. The minimum atomic E-state index is -0.105. The van der Waals surface area contributed by atoms with Gasteiger partial charge in [-0.05, 0) is 47.7 Å². The predicted octanol–water partition coefficient (Wildman–Crippen LogP) is 5.29. The second-order valence-corrected chi connectivity index (χ2v) is 7.36. The molecule has 0 aliphatic carbocycles. The summed E-state index contributed by atoms with van der Waals surface area (Å²) in [6.07, 6.45) is 5.11.